The molecule has 1 aromatic heterocycles. The van der Waals surface area contributed by atoms with Gasteiger partial charge in [-0.25, -0.2) is 9.78 Å². The van der Waals surface area contributed by atoms with Crippen molar-refractivity contribution in [2.24, 2.45) is 0 Å². The largest absolute Gasteiger partial charge is 0.444 e. The minimum absolute atomic E-state index is 0.0660. The maximum Gasteiger partial charge on any atom is 0.408 e. The molecule has 2 aromatic carbocycles. The molecule has 2 heterocycles. The molecule has 0 bridgehead atoms. The summed E-state index contributed by atoms with van der Waals surface area (Å²) in [6.45, 7) is 11.0. The number of nitrogens with zero attached hydrogens (tertiary/aromatic N) is 4. The highest BCUT2D eigenvalue weighted by Crippen LogP contribution is 2.23. The van der Waals surface area contributed by atoms with Crippen LogP contribution in [0.5, 0.6) is 0 Å². The Balaban J connectivity index is 1.50. The number of alkyl carbamates (subject to hydrolysis) is 1. The summed E-state index contributed by atoms with van der Waals surface area (Å²) in [6, 6.07) is 17.0. The molecule has 1 saturated heterocycles. The first-order chi connectivity index (χ1) is 22.7. The van der Waals surface area contributed by atoms with E-state index in [0.717, 1.165) is 24.2 Å². The number of hydrogen-bond donors (Lipinski definition) is 3. The standard InChI is InChI=1S/C35H47N7O6/c1-34(2,3)48-33(46)39-35(4,5)32(45)37-27(23-47-22-25-13-9-7-10-14-25)30(43)38-28-21-42(24-36-28)29(26-15-11-8-12-16-26)31(44)41-19-17-40(6)18-20-41/h7-16,21,24,27,29H,17-20,22-23H2,1-6H3,(H,37,45)(H,38,43)(H,39,46)/t27-,29?/m1/s1. The topological polar surface area (TPSA) is 147 Å². The molecule has 258 valence electrons. The van der Waals surface area contributed by atoms with E-state index in [-0.39, 0.29) is 24.9 Å². The van der Waals surface area contributed by atoms with E-state index in [2.05, 4.69) is 25.8 Å². The van der Waals surface area contributed by atoms with Gasteiger partial charge < -0.3 is 39.8 Å². The van der Waals surface area contributed by atoms with Gasteiger partial charge in [-0.15, -0.1) is 0 Å². The second-order valence-corrected chi connectivity index (χ2v) is 13.4. The van der Waals surface area contributed by atoms with Crippen LogP contribution < -0.4 is 16.0 Å². The third-order valence-electron chi connectivity index (χ3n) is 7.71. The molecule has 4 rings (SSSR count). The molecular formula is C35H47N7O6. The first-order valence-electron chi connectivity index (χ1n) is 16.0. The SMILES string of the molecule is CN1CCN(C(=O)C(c2ccccc2)n2cnc(NC(=O)[C@@H](COCc3ccccc3)NC(=O)C(C)(C)NC(=O)OC(C)(C)C)c2)CC1. The fourth-order valence-corrected chi connectivity index (χ4v) is 5.04. The summed E-state index contributed by atoms with van der Waals surface area (Å²) in [5, 5.41) is 8.03. The number of carbonyl (C=O) groups is 4. The lowest BCUT2D eigenvalue weighted by molar-refractivity contribution is -0.135. The van der Waals surface area contributed by atoms with Crippen LogP contribution in [-0.4, -0.2) is 100 Å². The molecule has 13 nitrogen and oxygen atoms in total. The second-order valence-electron chi connectivity index (χ2n) is 13.4. The first kappa shape index (κ1) is 36.1. The van der Waals surface area contributed by atoms with Crippen LogP contribution in [0.3, 0.4) is 0 Å². The van der Waals surface area contributed by atoms with Crippen LogP contribution in [0.1, 0.15) is 51.8 Å². The maximum absolute atomic E-state index is 13.8. The van der Waals surface area contributed by atoms with Gasteiger partial charge in [0.15, 0.2) is 5.82 Å². The van der Waals surface area contributed by atoms with Crippen molar-refractivity contribution in [3.05, 3.63) is 84.3 Å². The summed E-state index contributed by atoms with van der Waals surface area (Å²) in [6.07, 6.45) is 2.34. The lowest BCUT2D eigenvalue weighted by Gasteiger charge is -2.35. The van der Waals surface area contributed by atoms with Gasteiger partial charge in [0, 0.05) is 32.4 Å². The van der Waals surface area contributed by atoms with E-state index >= 15 is 0 Å². The summed E-state index contributed by atoms with van der Waals surface area (Å²) in [5.41, 5.74) is -0.502. The van der Waals surface area contributed by atoms with Crippen LogP contribution in [0.2, 0.25) is 0 Å². The van der Waals surface area contributed by atoms with Crippen LogP contribution in [0.25, 0.3) is 0 Å². The first-order valence-corrected chi connectivity index (χ1v) is 16.0. The summed E-state index contributed by atoms with van der Waals surface area (Å²) in [7, 11) is 2.03. The van der Waals surface area contributed by atoms with E-state index < -0.39 is 41.1 Å². The Bertz CT molecular complexity index is 1530. The van der Waals surface area contributed by atoms with Gasteiger partial charge >= 0.3 is 6.09 Å². The number of ether oxygens (including phenoxy) is 2. The number of likely N-dealkylation sites (N-methyl/N-ethyl adjacent to an activating group) is 1. The van der Waals surface area contributed by atoms with Crippen LogP contribution in [0.15, 0.2) is 73.2 Å². The smallest absolute Gasteiger partial charge is 0.408 e. The molecule has 0 saturated carbocycles. The monoisotopic (exact) mass is 661 g/mol. The van der Waals surface area contributed by atoms with Crippen molar-refractivity contribution in [3.8, 4) is 0 Å². The average Bonchev–Trinajstić information content (AvgIpc) is 3.48. The van der Waals surface area contributed by atoms with Gasteiger partial charge in [-0.1, -0.05) is 60.7 Å². The van der Waals surface area contributed by atoms with E-state index in [0.29, 0.717) is 13.1 Å². The minimum Gasteiger partial charge on any atom is -0.444 e. The van der Waals surface area contributed by atoms with Gasteiger partial charge in [0.2, 0.25) is 11.8 Å². The lowest BCUT2D eigenvalue weighted by Crippen LogP contribution is -2.59. The van der Waals surface area contributed by atoms with E-state index in [4.69, 9.17) is 9.47 Å². The van der Waals surface area contributed by atoms with Gasteiger partial charge in [-0.05, 0) is 52.8 Å². The molecule has 2 atom stereocenters. The van der Waals surface area contributed by atoms with Crippen LogP contribution in [0, 0.1) is 0 Å². The van der Waals surface area contributed by atoms with Crippen molar-refractivity contribution in [2.75, 3.05) is 45.2 Å². The zero-order chi connectivity index (χ0) is 34.9. The Morgan fingerprint density at radius 1 is 0.896 bits per heavy atom. The average molecular weight is 662 g/mol. The van der Waals surface area contributed by atoms with E-state index in [1.807, 2.05) is 72.6 Å². The van der Waals surface area contributed by atoms with Crippen molar-refractivity contribution in [1.82, 2.24) is 30.0 Å². The molecule has 13 heteroatoms. The highest BCUT2D eigenvalue weighted by atomic mass is 16.6. The molecule has 3 aromatic rings. The Labute approximate surface area is 282 Å². The number of amides is 4. The fourth-order valence-electron chi connectivity index (χ4n) is 5.04. The molecule has 1 aliphatic heterocycles. The molecule has 48 heavy (non-hydrogen) atoms. The zero-order valence-electron chi connectivity index (χ0n) is 28.6. The predicted molar refractivity (Wildman–Crippen MR) is 181 cm³/mol. The van der Waals surface area contributed by atoms with E-state index in [1.54, 1.807) is 31.5 Å². The molecule has 0 radical (unpaired) electrons. The van der Waals surface area contributed by atoms with Crippen LogP contribution in [-0.2, 0) is 30.5 Å². The number of nitrogens with one attached hydrogen (secondary N) is 3. The van der Waals surface area contributed by atoms with Crippen molar-refractivity contribution in [3.63, 3.8) is 0 Å². The molecule has 1 fully saturated rings. The number of aromatic nitrogens is 2. The summed E-state index contributed by atoms with van der Waals surface area (Å²) in [4.78, 5) is 61.7. The number of carbonyl (C=O) groups excluding carboxylic acids is 4. The molecule has 3 N–H and O–H groups in total. The molecule has 1 unspecified atom stereocenters. The molecule has 1 aliphatic rings. The van der Waals surface area contributed by atoms with Crippen LogP contribution >= 0.6 is 0 Å². The number of hydrogen-bond acceptors (Lipinski definition) is 8. The Hall–Kier alpha value is -4.75. The van der Waals surface area contributed by atoms with E-state index in [9.17, 15) is 19.2 Å². The van der Waals surface area contributed by atoms with Gasteiger partial charge in [0.05, 0.1) is 19.5 Å². The van der Waals surface area contributed by atoms with Crippen LogP contribution in [0.4, 0.5) is 10.6 Å². The highest BCUT2D eigenvalue weighted by molar-refractivity contribution is 5.98. The number of anilines is 1. The number of piperazine rings is 1. The normalized spacial score (nSPS) is 15.2. The van der Waals surface area contributed by atoms with Gasteiger partial charge in [-0.3, -0.25) is 14.4 Å². The Kier molecular flexibility index (Phi) is 12.0. The van der Waals surface area contributed by atoms with Gasteiger partial charge in [0.25, 0.3) is 5.91 Å². The second kappa shape index (κ2) is 15.9. The van der Waals surface area contributed by atoms with Crippen molar-refractivity contribution in [1.29, 1.82) is 0 Å². The Morgan fingerprint density at radius 3 is 2.15 bits per heavy atom. The zero-order valence-corrected chi connectivity index (χ0v) is 28.6. The summed E-state index contributed by atoms with van der Waals surface area (Å²) < 4.78 is 12.8. The number of imidazole rings is 1. The number of rotatable bonds is 12. The Morgan fingerprint density at radius 2 is 1.52 bits per heavy atom. The quantitative estimate of drug-likeness (QED) is 0.268. The van der Waals surface area contributed by atoms with Gasteiger partial charge in [0.1, 0.15) is 23.2 Å². The molecule has 0 aliphatic carbocycles. The van der Waals surface area contributed by atoms with Crippen molar-refractivity contribution in [2.45, 2.75) is 64.4 Å². The third kappa shape index (κ3) is 10.4. The van der Waals surface area contributed by atoms with Crippen molar-refractivity contribution >= 4 is 29.6 Å². The molecule has 0 spiro atoms. The highest BCUT2D eigenvalue weighted by Gasteiger charge is 2.35. The number of benzene rings is 2. The molecular weight excluding hydrogens is 614 g/mol. The van der Waals surface area contributed by atoms with Gasteiger partial charge in [-0.2, -0.15) is 0 Å². The predicted octanol–water partition coefficient (Wildman–Crippen LogP) is 3.19. The van der Waals surface area contributed by atoms with E-state index in [1.165, 1.54) is 20.2 Å². The maximum atomic E-state index is 13.8. The van der Waals surface area contributed by atoms with Crippen molar-refractivity contribution < 1.29 is 28.7 Å². The molecule has 4 amide bonds. The lowest BCUT2D eigenvalue weighted by atomic mass is 10.0. The fraction of sp³-hybridized carbons (Fsp3) is 0.457. The minimum atomic E-state index is -1.42. The third-order valence-corrected chi connectivity index (χ3v) is 7.71. The summed E-state index contributed by atoms with van der Waals surface area (Å²) in [5.74, 6) is -1.08. The summed E-state index contributed by atoms with van der Waals surface area (Å²) >= 11 is 0.